The monoisotopic (exact) mass is 771 g/mol. The Morgan fingerprint density at radius 2 is 1.70 bits per heavy atom. The second-order valence-electron chi connectivity index (χ2n) is 16.0. The van der Waals surface area contributed by atoms with E-state index >= 15 is 0 Å². The zero-order valence-corrected chi connectivity index (χ0v) is 32.6. The largest absolute Gasteiger partial charge is 0.465 e. The molecular weight excluding hydrogens is 715 g/mol. The minimum absolute atomic E-state index is 0.00158. The predicted molar refractivity (Wildman–Crippen MR) is 205 cm³/mol. The van der Waals surface area contributed by atoms with E-state index in [9.17, 15) is 23.4 Å². The number of amides is 1. The molecule has 0 bridgehead atoms. The van der Waals surface area contributed by atoms with Crippen LogP contribution in [0.25, 0.3) is 0 Å². The van der Waals surface area contributed by atoms with Gasteiger partial charge in [0.1, 0.15) is 5.50 Å². The number of rotatable bonds is 14. The fraction of sp³-hybridized carbons (Fsp3) is 0.667. The molecule has 0 radical (unpaired) electrons. The Hall–Kier alpha value is -2.43. The number of sulfonamides is 1. The van der Waals surface area contributed by atoms with E-state index in [4.69, 9.17) is 9.47 Å². The van der Waals surface area contributed by atoms with Crippen molar-refractivity contribution >= 4 is 33.6 Å². The first kappa shape index (κ1) is 38.8. The molecule has 7 atom stereocenters. The second-order valence-corrected chi connectivity index (χ2v) is 18.8. The molecule has 292 valence electrons. The molecule has 1 saturated carbocycles. The van der Waals surface area contributed by atoms with Gasteiger partial charge in [-0.3, -0.25) is 5.32 Å². The van der Waals surface area contributed by atoms with Crippen molar-refractivity contribution in [3.8, 4) is 0 Å². The molecule has 4 fully saturated rings. The van der Waals surface area contributed by atoms with E-state index in [0.717, 1.165) is 54.7 Å². The number of thioether (sulfide) groups is 1. The molecule has 1 amide bonds. The number of fused-ring (bicyclic) bond motifs is 2. The van der Waals surface area contributed by atoms with Crippen LogP contribution in [0.1, 0.15) is 70.8 Å². The molecule has 4 heterocycles. The van der Waals surface area contributed by atoms with Gasteiger partial charge in [-0.25, -0.2) is 17.9 Å². The van der Waals surface area contributed by atoms with Crippen LogP contribution in [0.2, 0.25) is 0 Å². The van der Waals surface area contributed by atoms with Gasteiger partial charge in [0, 0.05) is 29.4 Å². The van der Waals surface area contributed by atoms with Crippen LogP contribution in [0.5, 0.6) is 0 Å². The van der Waals surface area contributed by atoms with Crippen LogP contribution in [0.4, 0.5) is 10.5 Å². The lowest BCUT2D eigenvalue weighted by Crippen LogP contribution is -2.59. The van der Waals surface area contributed by atoms with Gasteiger partial charge >= 0.3 is 6.09 Å². The van der Waals surface area contributed by atoms with Crippen molar-refractivity contribution in [2.75, 3.05) is 37.7 Å². The van der Waals surface area contributed by atoms with Gasteiger partial charge in [0.25, 0.3) is 0 Å². The lowest BCUT2D eigenvalue weighted by molar-refractivity contribution is -0.172. The van der Waals surface area contributed by atoms with E-state index in [1.807, 2.05) is 36.4 Å². The first-order chi connectivity index (χ1) is 25.6. The second kappa shape index (κ2) is 17.2. The number of carboxylic acid groups (broad SMARTS) is 1. The molecule has 4 aliphatic heterocycles. The highest BCUT2D eigenvalue weighted by Crippen LogP contribution is 2.45. The number of piperidine rings is 1. The Kier molecular flexibility index (Phi) is 12.6. The number of hydrogen-bond acceptors (Lipinski definition) is 10. The number of nitrogens with zero attached hydrogens (tertiary/aromatic N) is 2. The molecule has 0 aromatic heterocycles. The first-order valence-corrected chi connectivity index (χ1v) is 22.0. The normalized spacial score (nSPS) is 27.4. The molecule has 12 nitrogen and oxygen atoms in total. The van der Waals surface area contributed by atoms with E-state index in [2.05, 4.69) is 39.0 Å². The molecule has 5 N–H and O–H groups in total. The molecule has 2 unspecified atom stereocenters. The zero-order valence-electron chi connectivity index (χ0n) is 30.9. The summed E-state index contributed by atoms with van der Waals surface area (Å²) in [6, 6.07) is 13.8. The fourth-order valence-corrected chi connectivity index (χ4v) is 12.0. The standard InChI is InChI=1S/C39H57N5O7S2/c1-25(2)24-44-33-13-12-29(23-34(33)52-38(44)40-27-14-18-43(19-15-27)28-10-6-7-11-28)53(48,49)42-35(30-16-20-50-37-31(30)17-21-51-37)36(45)32(41-39(46)47)22-26-8-4-3-5-9-26/h3-5,8-9,12-13,23,25,27-28,30-32,35-38,40-42,45H,6-7,10-11,14-22,24H2,1-2H3,(H,46,47)/t30-,31+,32-,35?,36+,37+,38?/m0/s1. The number of aliphatic hydroxyl groups excluding tert-OH is 1. The predicted octanol–water partition coefficient (Wildman–Crippen LogP) is 4.82. The average molecular weight is 772 g/mol. The summed E-state index contributed by atoms with van der Waals surface area (Å²) in [5, 5.41) is 28.3. The average Bonchev–Trinajstić information content (AvgIpc) is 3.92. The van der Waals surface area contributed by atoms with Gasteiger partial charge in [-0.2, -0.15) is 0 Å². The zero-order chi connectivity index (χ0) is 37.1. The Bertz CT molecular complexity index is 1640. The van der Waals surface area contributed by atoms with Crippen molar-refractivity contribution in [1.29, 1.82) is 0 Å². The van der Waals surface area contributed by atoms with E-state index in [0.29, 0.717) is 38.0 Å². The van der Waals surface area contributed by atoms with Gasteiger partial charge < -0.3 is 34.8 Å². The summed E-state index contributed by atoms with van der Waals surface area (Å²) < 4.78 is 43.4. The number of hydrogen-bond donors (Lipinski definition) is 5. The molecule has 2 aromatic carbocycles. The summed E-state index contributed by atoms with van der Waals surface area (Å²) in [6.07, 6.45) is 5.75. The van der Waals surface area contributed by atoms with Crippen molar-refractivity contribution in [3.63, 3.8) is 0 Å². The Balaban J connectivity index is 1.11. The van der Waals surface area contributed by atoms with E-state index in [1.54, 1.807) is 23.9 Å². The smallest absolute Gasteiger partial charge is 0.404 e. The van der Waals surface area contributed by atoms with Gasteiger partial charge in [-0.1, -0.05) is 68.8 Å². The van der Waals surface area contributed by atoms with Gasteiger partial charge in [0.2, 0.25) is 10.0 Å². The van der Waals surface area contributed by atoms with Crippen LogP contribution in [0, 0.1) is 17.8 Å². The van der Waals surface area contributed by atoms with Crippen molar-refractivity contribution < 1.29 is 32.9 Å². The lowest BCUT2D eigenvalue weighted by Gasteiger charge is -2.41. The maximum absolute atomic E-state index is 14.4. The number of likely N-dealkylation sites (tertiary alicyclic amines) is 1. The molecule has 0 spiro atoms. The molecule has 14 heteroatoms. The number of carbonyl (C=O) groups is 1. The number of nitrogens with one attached hydrogen (secondary N) is 3. The third kappa shape index (κ3) is 9.18. The molecule has 3 saturated heterocycles. The van der Waals surface area contributed by atoms with Crippen LogP contribution >= 0.6 is 11.8 Å². The van der Waals surface area contributed by atoms with Crippen LogP contribution in [-0.4, -0.2) is 105 Å². The summed E-state index contributed by atoms with van der Waals surface area (Å²) >= 11 is 1.67. The van der Waals surface area contributed by atoms with Gasteiger partial charge in [0.15, 0.2) is 6.29 Å². The van der Waals surface area contributed by atoms with E-state index in [-0.39, 0.29) is 28.6 Å². The molecule has 5 aliphatic rings. The Morgan fingerprint density at radius 3 is 2.40 bits per heavy atom. The minimum atomic E-state index is -4.16. The number of benzene rings is 2. The Labute approximate surface area is 318 Å². The van der Waals surface area contributed by atoms with Crippen molar-refractivity contribution in [2.45, 2.75) is 123 Å². The van der Waals surface area contributed by atoms with E-state index < -0.39 is 40.6 Å². The molecule has 53 heavy (non-hydrogen) atoms. The number of ether oxygens (including phenoxy) is 2. The maximum atomic E-state index is 14.4. The molecule has 2 aromatic rings. The van der Waals surface area contributed by atoms with Crippen LogP contribution in [-0.2, 0) is 25.9 Å². The topological polar surface area (TPSA) is 153 Å². The van der Waals surface area contributed by atoms with Crippen molar-refractivity contribution in [3.05, 3.63) is 54.1 Å². The van der Waals surface area contributed by atoms with Crippen molar-refractivity contribution in [2.24, 2.45) is 17.8 Å². The third-order valence-corrected chi connectivity index (χ3v) is 14.5. The lowest BCUT2D eigenvalue weighted by atomic mass is 9.77. The molecule has 1 aliphatic carbocycles. The number of anilines is 1. The van der Waals surface area contributed by atoms with Gasteiger partial charge in [-0.05, 0) is 93.6 Å². The highest BCUT2D eigenvalue weighted by molar-refractivity contribution is 8.00. The summed E-state index contributed by atoms with van der Waals surface area (Å²) in [5.41, 5.74) is 1.84. The maximum Gasteiger partial charge on any atom is 0.404 e. The highest BCUT2D eigenvalue weighted by Gasteiger charge is 2.47. The number of aliphatic hydroxyl groups is 1. The SMILES string of the molecule is CC(C)CN1c2ccc(S(=O)(=O)NC([C@H]3CCO[C@@H]4OCC[C@@H]43)[C@H](O)[C@H](Cc3ccccc3)NC(=O)O)cc2SC1NC1CCN(C2CCCC2)CC1. The van der Waals surface area contributed by atoms with Crippen LogP contribution in [0.15, 0.2) is 58.3 Å². The Morgan fingerprint density at radius 1 is 0.981 bits per heavy atom. The van der Waals surface area contributed by atoms with Crippen LogP contribution in [0.3, 0.4) is 0 Å². The molecular formula is C39H57N5O7S2. The van der Waals surface area contributed by atoms with E-state index in [1.165, 1.54) is 25.7 Å². The molecule has 7 rings (SSSR count). The summed E-state index contributed by atoms with van der Waals surface area (Å²) in [4.78, 5) is 18.1. The quantitative estimate of drug-likeness (QED) is 0.180. The summed E-state index contributed by atoms with van der Waals surface area (Å²) in [7, 11) is -4.16. The first-order valence-electron chi connectivity index (χ1n) is 19.6. The summed E-state index contributed by atoms with van der Waals surface area (Å²) in [6.45, 7) is 8.31. The van der Waals surface area contributed by atoms with Gasteiger partial charge in [-0.15, -0.1) is 0 Å². The minimum Gasteiger partial charge on any atom is -0.465 e. The fourth-order valence-electron chi connectivity index (χ4n) is 9.26. The highest BCUT2D eigenvalue weighted by atomic mass is 32.2. The third-order valence-electron chi connectivity index (χ3n) is 11.9. The van der Waals surface area contributed by atoms with Crippen molar-refractivity contribution in [1.82, 2.24) is 20.3 Å². The van der Waals surface area contributed by atoms with Crippen LogP contribution < -0.4 is 20.3 Å². The van der Waals surface area contributed by atoms with Gasteiger partial charge in [0.05, 0.1) is 42.0 Å². The summed E-state index contributed by atoms with van der Waals surface area (Å²) in [5.74, 6) is -0.0762.